The number of aromatic nitrogens is 2. The summed E-state index contributed by atoms with van der Waals surface area (Å²) >= 11 is 7.92. The molecular weight excluding hydrogens is 384 g/mol. The molecule has 0 bridgehead atoms. The minimum absolute atomic E-state index is 0.153. The van der Waals surface area contributed by atoms with Crippen molar-refractivity contribution >= 4 is 35.1 Å². The van der Waals surface area contributed by atoms with Gasteiger partial charge in [0.15, 0.2) is 12.4 Å². The van der Waals surface area contributed by atoms with Crippen LogP contribution in [0.2, 0.25) is 5.15 Å². The summed E-state index contributed by atoms with van der Waals surface area (Å²) in [6, 6.07) is 16.4. The van der Waals surface area contributed by atoms with Gasteiger partial charge in [-0.2, -0.15) is 5.10 Å². The number of nitrogens with zero attached hydrogens (tertiary/aromatic N) is 2. The van der Waals surface area contributed by atoms with E-state index in [9.17, 15) is 9.59 Å². The van der Waals surface area contributed by atoms with E-state index in [1.807, 2.05) is 48.7 Å². The number of carbonyl (C=O) groups excluding carboxylic acids is 2. The summed E-state index contributed by atoms with van der Waals surface area (Å²) in [5, 5.41) is 4.46. The lowest BCUT2D eigenvalue weighted by Crippen LogP contribution is -2.15. The molecule has 0 aliphatic carbocycles. The number of Topliss-reactive ketones (excluding diaryl/α,β-unsaturated/α-hetero) is 1. The Hall–Kier alpha value is -2.57. The van der Waals surface area contributed by atoms with Crippen molar-refractivity contribution in [2.75, 3.05) is 12.9 Å². The summed E-state index contributed by atoms with van der Waals surface area (Å²) < 4.78 is 6.65. The molecule has 1 heterocycles. The van der Waals surface area contributed by atoms with Crippen molar-refractivity contribution in [3.63, 3.8) is 0 Å². The number of benzene rings is 2. The number of aryl methyl sites for hydroxylation is 1. The standard InChI is InChI=1S/C20H17ClN2O3S/c1-13-18(19(21)23(22-13)15-6-4-3-5-7-15)20(25)26-12-17(24)14-8-10-16(27-2)11-9-14/h3-11H,12H2,1-2H3. The van der Waals surface area contributed by atoms with Gasteiger partial charge in [0, 0.05) is 10.5 Å². The van der Waals surface area contributed by atoms with Gasteiger partial charge in [0.05, 0.1) is 11.4 Å². The minimum atomic E-state index is -0.672. The summed E-state index contributed by atoms with van der Waals surface area (Å²) in [5.74, 6) is -0.950. The first-order valence-electron chi connectivity index (χ1n) is 8.16. The molecule has 0 amide bonds. The van der Waals surface area contributed by atoms with E-state index in [2.05, 4.69) is 5.10 Å². The molecule has 0 unspecified atom stereocenters. The maximum absolute atomic E-state index is 12.5. The first-order valence-corrected chi connectivity index (χ1v) is 9.76. The fourth-order valence-electron chi connectivity index (χ4n) is 2.53. The van der Waals surface area contributed by atoms with Crippen LogP contribution in [-0.2, 0) is 4.74 Å². The summed E-state index contributed by atoms with van der Waals surface area (Å²) in [6.07, 6.45) is 1.96. The number of para-hydroxylation sites is 1. The molecule has 0 saturated heterocycles. The van der Waals surface area contributed by atoms with Crippen LogP contribution in [0.15, 0.2) is 59.5 Å². The SMILES string of the molecule is CSc1ccc(C(=O)COC(=O)c2c(C)nn(-c3ccccc3)c2Cl)cc1. The van der Waals surface area contributed by atoms with E-state index < -0.39 is 5.97 Å². The van der Waals surface area contributed by atoms with E-state index in [-0.39, 0.29) is 23.1 Å². The molecule has 0 aliphatic rings. The van der Waals surface area contributed by atoms with Crippen LogP contribution in [0.5, 0.6) is 0 Å². The summed E-state index contributed by atoms with van der Waals surface area (Å²) in [7, 11) is 0. The fourth-order valence-corrected chi connectivity index (χ4v) is 3.29. The van der Waals surface area contributed by atoms with Crippen LogP contribution in [0.4, 0.5) is 0 Å². The number of rotatable bonds is 6. The van der Waals surface area contributed by atoms with Crippen LogP contribution in [0.25, 0.3) is 5.69 Å². The quantitative estimate of drug-likeness (QED) is 0.344. The summed E-state index contributed by atoms with van der Waals surface area (Å²) in [4.78, 5) is 25.7. The zero-order chi connectivity index (χ0) is 19.4. The Morgan fingerprint density at radius 1 is 1.11 bits per heavy atom. The Bertz CT molecular complexity index is 969. The third-order valence-electron chi connectivity index (χ3n) is 3.96. The number of carbonyl (C=O) groups is 2. The van der Waals surface area contributed by atoms with Gasteiger partial charge < -0.3 is 4.74 Å². The Morgan fingerprint density at radius 3 is 2.41 bits per heavy atom. The lowest BCUT2D eigenvalue weighted by Gasteiger charge is -2.05. The molecule has 0 spiro atoms. The second-order valence-electron chi connectivity index (χ2n) is 5.73. The molecule has 2 aromatic carbocycles. The zero-order valence-electron chi connectivity index (χ0n) is 14.8. The average molecular weight is 401 g/mol. The molecule has 3 aromatic rings. The lowest BCUT2D eigenvalue weighted by atomic mass is 10.1. The first-order chi connectivity index (χ1) is 13.0. The van der Waals surface area contributed by atoms with Gasteiger partial charge in [0.1, 0.15) is 10.7 Å². The van der Waals surface area contributed by atoms with Gasteiger partial charge in [-0.3, -0.25) is 4.79 Å². The second-order valence-corrected chi connectivity index (χ2v) is 6.96. The molecule has 0 aliphatic heterocycles. The molecule has 3 rings (SSSR count). The first kappa shape index (κ1) is 19.2. The molecule has 27 heavy (non-hydrogen) atoms. The molecule has 1 aromatic heterocycles. The predicted molar refractivity (Wildman–Crippen MR) is 106 cm³/mol. The molecule has 0 N–H and O–H groups in total. The van der Waals surface area contributed by atoms with E-state index in [0.717, 1.165) is 10.6 Å². The van der Waals surface area contributed by atoms with Crippen molar-refractivity contribution in [1.82, 2.24) is 9.78 Å². The van der Waals surface area contributed by atoms with Crippen LogP contribution >= 0.6 is 23.4 Å². The Labute approximate surface area is 166 Å². The van der Waals surface area contributed by atoms with E-state index in [1.165, 1.54) is 4.68 Å². The van der Waals surface area contributed by atoms with Crippen molar-refractivity contribution < 1.29 is 14.3 Å². The van der Waals surface area contributed by atoms with Crippen molar-refractivity contribution in [1.29, 1.82) is 0 Å². The highest BCUT2D eigenvalue weighted by Gasteiger charge is 2.23. The summed E-state index contributed by atoms with van der Waals surface area (Å²) in [5.41, 5.74) is 1.81. The third kappa shape index (κ3) is 4.23. The highest BCUT2D eigenvalue weighted by molar-refractivity contribution is 7.98. The predicted octanol–water partition coefficient (Wildman–Crippen LogP) is 4.60. The molecular formula is C20H17ClN2O3S. The van der Waals surface area contributed by atoms with Crippen LogP contribution in [0.1, 0.15) is 26.4 Å². The van der Waals surface area contributed by atoms with Crippen molar-refractivity contribution in [3.8, 4) is 5.69 Å². The number of thioether (sulfide) groups is 1. The molecule has 0 saturated carbocycles. The highest BCUT2D eigenvalue weighted by atomic mass is 35.5. The summed E-state index contributed by atoms with van der Waals surface area (Å²) in [6.45, 7) is 1.31. The molecule has 5 nitrogen and oxygen atoms in total. The van der Waals surface area contributed by atoms with Crippen LogP contribution in [-0.4, -0.2) is 34.4 Å². The monoisotopic (exact) mass is 400 g/mol. The van der Waals surface area contributed by atoms with Gasteiger partial charge in [-0.15, -0.1) is 11.8 Å². The minimum Gasteiger partial charge on any atom is -0.454 e. The number of halogens is 1. The Balaban J connectivity index is 1.73. The Kier molecular flexibility index (Phi) is 5.98. The van der Waals surface area contributed by atoms with Gasteiger partial charge in [0.2, 0.25) is 0 Å². The zero-order valence-corrected chi connectivity index (χ0v) is 16.4. The van der Waals surface area contributed by atoms with E-state index in [1.54, 1.807) is 30.8 Å². The van der Waals surface area contributed by atoms with Gasteiger partial charge in [-0.05, 0) is 37.4 Å². The van der Waals surface area contributed by atoms with Crippen LogP contribution < -0.4 is 0 Å². The number of ether oxygens (including phenoxy) is 1. The second kappa shape index (κ2) is 8.41. The molecule has 0 radical (unpaired) electrons. The van der Waals surface area contributed by atoms with E-state index in [0.29, 0.717) is 11.3 Å². The molecule has 7 heteroatoms. The maximum Gasteiger partial charge on any atom is 0.343 e. The highest BCUT2D eigenvalue weighted by Crippen LogP contribution is 2.24. The number of ketones is 1. The molecule has 138 valence electrons. The number of hydrogen-bond acceptors (Lipinski definition) is 5. The number of hydrogen-bond donors (Lipinski definition) is 0. The van der Waals surface area contributed by atoms with Crippen molar-refractivity contribution in [3.05, 3.63) is 76.6 Å². The maximum atomic E-state index is 12.5. The molecule has 0 fully saturated rings. The van der Waals surface area contributed by atoms with E-state index >= 15 is 0 Å². The average Bonchev–Trinajstić information content (AvgIpc) is 3.00. The Morgan fingerprint density at radius 2 is 1.78 bits per heavy atom. The smallest absolute Gasteiger partial charge is 0.343 e. The van der Waals surface area contributed by atoms with Gasteiger partial charge in [0.25, 0.3) is 0 Å². The normalized spacial score (nSPS) is 10.6. The topological polar surface area (TPSA) is 61.2 Å². The fraction of sp³-hybridized carbons (Fsp3) is 0.150. The lowest BCUT2D eigenvalue weighted by molar-refractivity contribution is 0.0474. The largest absolute Gasteiger partial charge is 0.454 e. The number of esters is 1. The molecule has 0 atom stereocenters. The van der Waals surface area contributed by atoms with E-state index in [4.69, 9.17) is 16.3 Å². The third-order valence-corrected chi connectivity index (χ3v) is 5.05. The van der Waals surface area contributed by atoms with Crippen LogP contribution in [0.3, 0.4) is 0 Å². The van der Waals surface area contributed by atoms with Crippen molar-refractivity contribution in [2.45, 2.75) is 11.8 Å². The van der Waals surface area contributed by atoms with Crippen LogP contribution in [0, 0.1) is 6.92 Å². The van der Waals surface area contributed by atoms with Gasteiger partial charge >= 0.3 is 5.97 Å². The van der Waals surface area contributed by atoms with Gasteiger partial charge in [-0.25, -0.2) is 9.48 Å². The van der Waals surface area contributed by atoms with Crippen molar-refractivity contribution in [2.24, 2.45) is 0 Å². The van der Waals surface area contributed by atoms with Gasteiger partial charge in [-0.1, -0.05) is 41.9 Å².